The fourth-order valence-electron chi connectivity index (χ4n) is 2.31. The van der Waals surface area contributed by atoms with Crippen molar-refractivity contribution in [2.24, 2.45) is 5.92 Å². The second-order valence-corrected chi connectivity index (χ2v) is 5.79. The standard InChI is InChI=1S/C18H26N2O4/c1-3-12-19-15(21)10-7-11-16(22)20-17(13(2)18(23)24)14-8-5-4-6-9-14/h4-6,8-9,13,17H,3,7,10-12H2,1-2H3,(H,19,21)(H,20,22)(H,23,24). The Balaban J connectivity index is 2.56. The largest absolute Gasteiger partial charge is 0.481 e. The molecule has 6 nitrogen and oxygen atoms in total. The van der Waals surface area contributed by atoms with Crippen LogP contribution in [-0.4, -0.2) is 29.4 Å². The Hall–Kier alpha value is -2.37. The van der Waals surface area contributed by atoms with E-state index in [-0.39, 0.29) is 24.7 Å². The molecule has 2 atom stereocenters. The van der Waals surface area contributed by atoms with Crippen LogP contribution >= 0.6 is 0 Å². The lowest BCUT2D eigenvalue weighted by atomic mass is 9.94. The molecule has 2 unspecified atom stereocenters. The summed E-state index contributed by atoms with van der Waals surface area (Å²) in [6.45, 7) is 4.18. The van der Waals surface area contributed by atoms with Gasteiger partial charge < -0.3 is 15.7 Å². The minimum Gasteiger partial charge on any atom is -0.481 e. The zero-order chi connectivity index (χ0) is 17.9. The van der Waals surface area contributed by atoms with Gasteiger partial charge in [0.2, 0.25) is 11.8 Å². The monoisotopic (exact) mass is 334 g/mol. The lowest BCUT2D eigenvalue weighted by molar-refractivity contribution is -0.142. The SMILES string of the molecule is CCCNC(=O)CCCC(=O)NC(c1ccccc1)C(C)C(=O)O. The number of rotatable bonds is 10. The number of hydrogen-bond donors (Lipinski definition) is 3. The van der Waals surface area contributed by atoms with Crippen LogP contribution in [-0.2, 0) is 14.4 Å². The fraction of sp³-hybridized carbons (Fsp3) is 0.500. The van der Waals surface area contributed by atoms with E-state index in [1.54, 1.807) is 31.2 Å². The predicted octanol–water partition coefficient (Wildman–Crippen LogP) is 2.26. The molecule has 0 saturated heterocycles. The molecule has 1 rings (SSSR count). The Morgan fingerprint density at radius 2 is 1.71 bits per heavy atom. The predicted molar refractivity (Wildman–Crippen MR) is 91.3 cm³/mol. The first-order valence-electron chi connectivity index (χ1n) is 8.29. The lowest BCUT2D eigenvalue weighted by Gasteiger charge is -2.23. The minimum atomic E-state index is -0.969. The first-order valence-corrected chi connectivity index (χ1v) is 8.29. The normalized spacial score (nSPS) is 12.9. The summed E-state index contributed by atoms with van der Waals surface area (Å²) in [5.41, 5.74) is 0.751. The summed E-state index contributed by atoms with van der Waals surface area (Å²) in [6, 6.07) is 8.45. The quantitative estimate of drug-likeness (QED) is 0.611. The molecule has 0 aliphatic heterocycles. The van der Waals surface area contributed by atoms with Crippen molar-refractivity contribution >= 4 is 17.8 Å². The molecule has 0 bridgehead atoms. The summed E-state index contributed by atoms with van der Waals surface area (Å²) in [5, 5.41) is 14.8. The summed E-state index contributed by atoms with van der Waals surface area (Å²) < 4.78 is 0. The van der Waals surface area contributed by atoms with Crippen LogP contribution in [0.25, 0.3) is 0 Å². The molecule has 0 aromatic heterocycles. The van der Waals surface area contributed by atoms with E-state index < -0.39 is 17.9 Å². The number of carboxylic acid groups (broad SMARTS) is 1. The number of amides is 2. The molecule has 0 aliphatic rings. The van der Waals surface area contributed by atoms with Gasteiger partial charge >= 0.3 is 5.97 Å². The van der Waals surface area contributed by atoms with Gasteiger partial charge in [-0.25, -0.2) is 0 Å². The van der Waals surface area contributed by atoms with Crippen LogP contribution in [0.3, 0.4) is 0 Å². The van der Waals surface area contributed by atoms with Crippen LogP contribution in [0.15, 0.2) is 30.3 Å². The van der Waals surface area contributed by atoms with E-state index in [9.17, 15) is 19.5 Å². The molecule has 0 fully saturated rings. The van der Waals surface area contributed by atoms with Crippen LogP contribution in [0, 0.1) is 5.92 Å². The lowest BCUT2D eigenvalue weighted by Crippen LogP contribution is -2.35. The summed E-state index contributed by atoms with van der Waals surface area (Å²) in [7, 11) is 0. The fourth-order valence-corrected chi connectivity index (χ4v) is 2.31. The van der Waals surface area contributed by atoms with E-state index in [4.69, 9.17) is 0 Å². The number of nitrogens with one attached hydrogen (secondary N) is 2. The van der Waals surface area contributed by atoms with Crippen LogP contribution in [0.5, 0.6) is 0 Å². The van der Waals surface area contributed by atoms with Crippen molar-refractivity contribution in [2.75, 3.05) is 6.54 Å². The maximum atomic E-state index is 12.1. The Morgan fingerprint density at radius 3 is 2.29 bits per heavy atom. The average molecular weight is 334 g/mol. The Kier molecular flexibility index (Phi) is 8.54. The van der Waals surface area contributed by atoms with Crippen molar-refractivity contribution in [3.63, 3.8) is 0 Å². The number of aliphatic carboxylic acids is 1. The van der Waals surface area contributed by atoms with Gasteiger partial charge in [0.1, 0.15) is 0 Å². The van der Waals surface area contributed by atoms with Crippen LogP contribution in [0.1, 0.15) is 51.1 Å². The summed E-state index contributed by atoms with van der Waals surface area (Å²) >= 11 is 0. The number of benzene rings is 1. The molecule has 1 aromatic rings. The Labute approximate surface area is 142 Å². The van der Waals surface area contributed by atoms with Crippen LogP contribution < -0.4 is 10.6 Å². The minimum absolute atomic E-state index is 0.0665. The van der Waals surface area contributed by atoms with Crippen molar-refractivity contribution in [3.05, 3.63) is 35.9 Å². The average Bonchev–Trinajstić information content (AvgIpc) is 2.58. The van der Waals surface area contributed by atoms with Gasteiger partial charge in [0.05, 0.1) is 12.0 Å². The molecule has 1 aromatic carbocycles. The smallest absolute Gasteiger partial charge is 0.308 e. The summed E-state index contributed by atoms with van der Waals surface area (Å²) in [5.74, 6) is -2.03. The molecule has 0 saturated carbocycles. The first-order chi connectivity index (χ1) is 11.5. The molecule has 132 valence electrons. The molecule has 6 heteroatoms. The van der Waals surface area contributed by atoms with Gasteiger partial charge in [0, 0.05) is 19.4 Å². The van der Waals surface area contributed by atoms with Crippen molar-refractivity contribution in [3.8, 4) is 0 Å². The van der Waals surface area contributed by atoms with Gasteiger partial charge in [-0.15, -0.1) is 0 Å². The van der Waals surface area contributed by atoms with E-state index in [0.29, 0.717) is 13.0 Å². The third-order valence-electron chi connectivity index (χ3n) is 3.74. The third-order valence-corrected chi connectivity index (χ3v) is 3.74. The zero-order valence-electron chi connectivity index (χ0n) is 14.2. The van der Waals surface area contributed by atoms with Crippen molar-refractivity contribution in [1.82, 2.24) is 10.6 Å². The van der Waals surface area contributed by atoms with Gasteiger partial charge in [0.25, 0.3) is 0 Å². The number of hydrogen-bond acceptors (Lipinski definition) is 3. The highest BCUT2D eigenvalue weighted by Crippen LogP contribution is 2.22. The van der Waals surface area contributed by atoms with E-state index in [0.717, 1.165) is 12.0 Å². The first kappa shape index (κ1) is 19.7. The van der Waals surface area contributed by atoms with Gasteiger partial charge in [-0.3, -0.25) is 14.4 Å². The van der Waals surface area contributed by atoms with E-state index in [1.807, 2.05) is 13.0 Å². The van der Waals surface area contributed by atoms with Crippen molar-refractivity contribution < 1.29 is 19.5 Å². The number of carbonyl (C=O) groups is 3. The van der Waals surface area contributed by atoms with E-state index in [2.05, 4.69) is 10.6 Å². The van der Waals surface area contributed by atoms with Gasteiger partial charge in [-0.05, 0) is 25.3 Å². The topological polar surface area (TPSA) is 95.5 Å². The summed E-state index contributed by atoms with van der Waals surface area (Å²) in [6.07, 6.45) is 1.79. The highest BCUT2D eigenvalue weighted by atomic mass is 16.4. The van der Waals surface area contributed by atoms with E-state index in [1.165, 1.54) is 0 Å². The molecule has 3 N–H and O–H groups in total. The molecule has 0 aliphatic carbocycles. The second-order valence-electron chi connectivity index (χ2n) is 5.79. The summed E-state index contributed by atoms with van der Waals surface area (Å²) in [4.78, 5) is 34.9. The molecule has 0 radical (unpaired) electrons. The van der Waals surface area contributed by atoms with Crippen molar-refractivity contribution in [1.29, 1.82) is 0 Å². The number of carbonyl (C=O) groups excluding carboxylic acids is 2. The van der Waals surface area contributed by atoms with Crippen molar-refractivity contribution in [2.45, 2.75) is 45.6 Å². The number of carboxylic acids is 1. The molecule has 0 spiro atoms. The van der Waals surface area contributed by atoms with Crippen LogP contribution in [0.2, 0.25) is 0 Å². The van der Waals surface area contributed by atoms with Crippen LogP contribution in [0.4, 0.5) is 0 Å². The molecule has 2 amide bonds. The molecule has 24 heavy (non-hydrogen) atoms. The van der Waals surface area contributed by atoms with Gasteiger partial charge in [-0.1, -0.05) is 37.3 Å². The third kappa shape index (κ3) is 6.81. The van der Waals surface area contributed by atoms with Gasteiger partial charge in [0.15, 0.2) is 0 Å². The molecular formula is C18H26N2O4. The van der Waals surface area contributed by atoms with Gasteiger partial charge in [-0.2, -0.15) is 0 Å². The highest BCUT2D eigenvalue weighted by Gasteiger charge is 2.26. The maximum Gasteiger partial charge on any atom is 0.308 e. The molecule has 0 heterocycles. The van der Waals surface area contributed by atoms with E-state index >= 15 is 0 Å². The Bertz CT molecular complexity index is 545. The Morgan fingerprint density at radius 1 is 1.08 bits per heavy atom. The maximum absolute atomic E-state index is 12.1. The second kappa shape index (κ2) is 10.4. The highest BCUT2D eigenvalue weighted by molar-refractivity contribution is 5.80. The zero-order valence-corrected chi connectivity index (χ0v) is 14.2. The molecular weight excluding hydrogens is 308 g/mol.